The van der Waals surface area contributed by atoms with Crippen molar-refractivity contribution in [2.75, 3.05) is 14.2 Å². The summed E-state index contributed by atoms with van der Waals surface area (Å²) in [4.78, 5) is 34.8. The van der Waals surface area contributed by atoms with Crippen molar-refractivity contribution in [3.8, 4) is 0 Å². The van der Waals surface area contributed by atoms with E-state index in [1.165, 1.54) is 32.4 Å². The molecule has 1 aromatic rings. The molecule has 7 nitrogen and oxygen atoms in total. The minimum atomic E-state index is -1.26. The maximum Gasteiger partial charge on any atom is 0.324 e. The number of benzene rings is 1. The van der Waals surface area contributed by atoms with Crippen molar-refractivity contribution in [3.05, 3.63) is 45.5 Å². The van der Waals surface area contributed by atoms with Gasteiger partial charge in [0.1, 0.15) is 0 Å². The Morgan fingerprint density at radius 2 is 1.83 bits per heavy atom. The lowest BCUT2D eigenvalue weighted by Gasteiger charge is -2.17. The second-order valence-electron chi connectivity index (χ2n) is 5.49. The number of nitro groups is 1. The number of hydrogen-bond donors (Lipinski definition) is 0. The largest absolute Gasteiger partial charge is 0.468 e. The lowest BCUT2D eigenvalue weighted by molar-refractivity contribution is -0.385. The summed E-state index contributed by atoms with van der Waals surface area (Å²) in [6.07, 6.45) is 5.55. The van der Waals surface area contributed by atoms with Crippen molar-refractivity contribution < 1.29 is 24.0 Å². The van der Waals surface area contributed by atoms with E-state index in [1.807, 2.05) is 6.08 Å². The molecule has 128 valence electrons. The van der Waals surface area contributed by atoms with Crippen LogP contribution in [0.3, 0.4) is 0 Å². The standard InChI is InChI=1S/C17H19NO6/c1-23-16(19)15(17(20)24-2)12-8-9-14(18(21)22)13(10-12)11-6-4-3-5-7-11/h6,8-10,15H,3-5,7H2,1-2H3. The minimum absolute atomic E-state index is 0.0413. The lowest BCUT2D eigenvalue weighted by Crippen LogP contribution is -2.24. The Bertz CT molecular complexity index is 678. The molecular formula is C17H19NO6. The molecule has 24 heavy (non-hydrogen) atoms. The maximum atomic E-state index is 11.9. The van der Waals surface area contributed by atoms with Gasteiger partial charge in [-0.25, -0.2) is 0 Å². The Hall–Kier alpha value is -2.70. The molecule has 2 rings (SSSR count). The molecule has 0 saturated heterocycles. The third-order valence-electron chi connectivity index (χ3n) is 4.06. The molecule has 0 atom stereocenters. The summed E-state index contributed by atoms with van der Waals surface area (Å²) in [6, 6.07) is 4.23. The van der Waals surface area contributed by atoms with Crippen molar-refractivity contribution in [2.24, 2.45) is 0 Å². The zero-order valence-corrected chi connectivity index (χ0v) is 13.6. The van der Waals surface area contributed by atoms with Crippen LogP contribution in [0.2, 0.25) is 0 Å². The molecule has 0 aromatic heterocycles. The quantitative estimate of drug-likeness (QED) is 0.356. The lowest BCUT2D eigenvalue weighted by atomic mass is 9.89. The average molecular weight is 333 g/mol. The van der Waals surface area contributed by atoms with Crippen LogP contribution < -0.4 is 0 Å². The predicted octanol–water partition coefficient (Wildman–Crippen LogP) is 2.98. The Kier molecular flexibility index (Phi) is 5.68. The number of allylic oxidation sites excluding steroid dienone is 2. The van der Waals surface area contributed by atoms with Crippen molar-refractivity contribution in [1.29, 1.82) is 0 Å². The molecule has 0 aliphatic heterocycles. The maximum absolute atomic E-state index is 11.9. The van der Waals surface area contributed by atoms with Crippen molar-refractivity contribution in [2.45, 2.75) is 31.6 Å². The molecule has 1 aliphatic carbocycles. The number of ether oxygens (including phenoxy) is 2. The van der Waals surface area contributed by atoms with E-state index in [0.29, 0.717) is 11.1 Å². The molecule has 1 aromatic carbocycles. The van der Waals surface area contributed by atoms with Crippen LogP contribution in [0.5, 0.6) is 0 Å². The monoisotopic (exact) mass is 333 g/mol. The summed E-state index contributed by atoms with van der Waals surface area (Å²) in [7, 11) is 2.35. The van der Waals surface area contributed by atoms with Gasteiger partial charge in [-0.1, -0.05) is 12.1 Å². The average Bonchev–Trinajstić information content (AvgIpc) is 2.61. The van der Waals surface area contributed by atoms with Gasteiger partial charge in [0.25, 0.3) is 5.69 Å². The van der Waals surface area contributed by atoms with E-state index < -0.39 is 22.8 Å². The van der Waals surface area contributed by atoms with E-state index in [-0.39, 0.29) is 5.69 Å². The number of carbonyl (C=O) groups excluding carboxylic acids is 2. The van der Waals surface area contributed by atoms with Gasteiger partial charge >= 0.3 is 11.9 Å². The summed E-state index contributed by atoms with van der Waals surface area (Å²) < 4.78 is 9.33. The van der Waals surface area contributed by atoms with Gasteiger partial charge in [-0.3, -0.25) is 19.7 Å². The van der Waals surface area contributed by atoms with E-state index in [2.05, 4.69) is 9.47 Å². The van der Waals surface area contributed by atoms with Gasteiger partial charge in [0.05, 0.1) is 24.7 Å². The first-order valence-electron chi connectivity index (χ1n) is 7.63. The molecule has 0 fully saturated rings. The van der Waals surface area contributed by atoms with Crippen molar-refractivity contribution in [3.63, 3.8) is 0 Å². The topological polar surface area (TPSA) is 95.7 Å². The fourth-order valence-corrected chi connectivity index (χ4v) is 2.84. The first-order chi connectivity index (χ1) is 11.5. The van der Waals surface area contributed by atoms with Gasteiger partial charge in [0.15, 0.2) is 5.92 Å². The number of nitrogens with zero attached hydrogens (tertiary/aromatic N) is 1. The predicted molar refractivity (Wildman–Crippen MR) is 86.3 cm³/mol. The zero-order chi connectivity index (χ0) is 17.7. The Labute approximate surface area is 139 Å². The zero-order valence-electron chi connectivity index (χ0n) is 13.6. The highest BCUT2D eigenvalue weighted by Crippen LogP contribution is 2.35. The summed E-state index contributed by atoms with van der Waals surface area (Å²) in [5.41, 5.74) is 1.58. The molecule has 0 N–H and O–H groups in total. The molecule has 0 bridgehead atoms. The number of methoxy groups -OCH3 is 2. The number of rotatable bonds is 5. The minimum Gasteiger partial charge on any atom is -0.468 e. The van der Waals surface area contributed by atoms with Gasteiger partial charge in [-0.2, -0.15) is 0 Å². The van der Waals surface area contributed by atoms with Crippen LogP contribution in [0.1, 0.15) is 42.7 Å². The van der Waals surface area contributed by atoms with Crippen LogP contribution >= 0.6 is 0 Å². The smallest absolute Gasteiger partial charge is 0.324 e. The first-order valence-corrected chi connectivity index (χ1v) is 7.63. The molecule has 7 heteroatoms. The SMILES string of the molecule is COC(=O)C(C(=O)OC)c1ccc([N+](=O)[O-])c(C2=CCCCC2)c1. The number of nitro benzene ring substituents is 1. The summed E-state index contributed by atoms with van der Waals surface area (Å²) in [5.74, 6) is -2.79. The highest BCUT2D eigenvalue weighted by Gasteiger charge is 2.32. The molecule has 0 radical (unpaired) electrons. The van der Waals surface area contributed by atoms with Crippen LogP contribution in [-0.2, 0) is 19.1 Å². The fourth-order valence-electron chi connectivity index (χ4n) is 2.84. The second kappa shape index (κ2) is 7.72. The molecule has 0 unspecified atom stereocenters. The van der Waals surface area contributed by atoms with Crippen molar-refractivity contribution in [1.82, 2.24) is 0 Å². The Morgan fingerprint density at radius 1 is 1.17 bits per heavy atom. The van der Waals surface area contributed by atoms with Gasteiger partial charge < -0.3 is 9.47 Å². The third-order valence-corrected chi connectivity index (χ3v) is 4.06. The van der Waals surface area contributed by atoms with E-state index >= 15 is 0 Å². The normalized spacial score (nSPS) is 14.0. The van der Waals surface area contributed by atoms with E-state index in [4.69, 9.17) is 0 Å². The summed E-state index contributed by atoms with van der Waals surface area (Å²) >= 11 is 0. The van der Waals surface area contributed by atoms with Crippen LogP contribution in [0.4, 0.5) is 5.69 Å². The van der Waals surface area contributed by atoms with Crippen LogP contribution in [0, 0.1) is 10.1 Å². The molecule has 0 heterocycles. The van der Waals surface area contributed by atoms with Gasteiger partial charge in [-0.05, 0) is 42.9 Å². The van der Waals surface area contributed by atoms with Crippen LogP contribution in [-0.4, -0.2) is 31.1 Å². The van der Waals surface area contributed by atoms with E-state index in [0.717, 1.165) is 31.3 Å². The van der Waals surface area contributed by atoms with Crippen LogP contribution in [0.15, 0.2) is 24.3 Å². The fraction of sp³-hybridized carbons (Fsp3) is 0.412. The Balaban J connectivity index is 2.55. The first kappa shape index (κ1) is 17.7. The molecule has 0 amide bonds. The number of hydrogen-bond acceptors (Lipinski definition) is 6. The summed E-state index contributed by atoms with van der Waals surface area (Å²) in [5, 5.41) is 11.3. The molecular weight excluding hydrogens is 314 g/mol. The molecule has 0 spiro atoms. The highest BCUT2D eigenvalue weighted by atomic mass is 16.6. The van der Waals surface area contributed by atoms with E-state index in [9.17, 15) is 19.7 Å². The highest BCUT2D eigenvalue weighted by molar-refractivity contribution is 6.01. The summed E-state index contributed by atoms with van der Waals surface area (Å²) in [6.45, 7) is 0. The molecule has 0 saturated carbocycles. The second-order valence-corrected chi connectivity index (χ2v) is 5.49. The van der Waals surface area contributed by atoms with Crippen LogP contribution in [0.25, 0.3) is 5.57 Å². The third kappa shape index (κ3) is 3.61. The van der Waals surface area contributed by atoms with Gasteiger partial charge in [0.2, 0.25) is 0 Å². The van der Waals surface area contributed by atoms with Gasteiger partial charge in [-0.15, -0.1) is 0 Å². The van der Waals surface area contributed by atoms with Crippen molar-refractivity contribution >= 4 is 23.2 Å². The van der Waals surface area contributed by atoms with E-state index in [1.54, 1.807) is 0 Å². The van der Waals surface area contributed by atoms with Gasteiger partial charge in [0, 0.05) is 6.07 Å². The number of carbonyl (C=O) groups is 2. The molecule has 1 aliphatic rings. The number of esters is 2. The Morgan fingerprint density at radius 3 is 2.33 bits per heavy atom.